The van der Waals surface area contributed by atoms with Gasteiger partial charge in [0.25, 0.3) is 0 Å². The highest BCUT2D eigenvalue weighted by Crippen LogP contribution is 2.31. The van der Waals surface area contributed by atoms with Gasteiger partial charge in [0.1, 0.15) is 0 Å². The van der Waals surface area contributed by atoms with E-state index in [2.05, 4.69) is 0 Å². The first-order valence-electron chi connectivity index (χ1n) is 7.95. The Kier molecular flexibility index (Phi) is 2.99. The summed E-state index contributed by atoms with van der Waals surface area (Å²) < 4.78 is 8.06. The van der Waals surface area contributed by atoms with Crippen LogP contribution in [-0.4, -0.2) is 4.40 Å². The summed E-state index contributed by atoms with van der Waals surface area (Å²) in [6.45, 7) is 0. The van der Waals surface area contributed by atoms with Crippen LogP contribution in [0.25, 0.3) is 38.8 Å². The van der Waals surface area contributed by atoms with Crippen LogP contribution in [0.1, 0.15) is 0 Å². The number of halogens is 1. The molecule has 0 atom stereocenters. The first-order chi connectivity index (χ1) is 12.2. The minimum absolute atomic E-state index is 0.0584. The number of rotatable bonds is 1. The number of pyridine rings is 1. The monoisotopic (exact) mass is 345 g/mol. The molecular weight excluding hydrogens is 334 g/mol. The minimum atomic E-state index is -0.0584. The fraction of sp³-hybridized carbons (Fsp3) is 0. The van der Waals surface area contributed by atoms with Gasteiger partial charge in [-0.1, -0.05) is 54.1 Å². The predicted octanol–water partition coefficient (Wildman–Crippen LogP) is 5.52. The van der Waals surface area contributed by atoms with Gasteiger partial charge >= 0.3 is 0 Å². The lowest BCUT2D eigenvalue weighted by Crippen LogP contribution is -2.09. The number of para-hydroxylation sites is 2. The first-order valence-corrected chi connectivity index (χ1v) is 8.33. The molecule has 0 spiro atoms. The molecule has 0 radical (unpaired) electrons. The molecule has 2 aromatic heterocycles. The van der Waals surface area contributed by atoms with Crippen LogP contribution in [0.15, 0.2) is 82.0 Å². The molecule has 0 fully saturated rings. The maximum atomic E-state index is 13.2. The molecule has 0 bridgehead atoms. The van der Waals surface area contributed by atoms with Gasteiger partial charge in [0.15, 0.2) is 5.58 Å². The standard InChI is InChI=1S/C21H12ClNO2/c22-14-10-11-15-17(12-14)23-16-8-4-5-9-18(16)25-21(23)19(20(15)24)13-6-2-1-3-7-13/h1-12H. The number of hydrogen-bond donors (Lipinski definition) is 0. The molecule has 0 unspecified atom stereocenters. The lowest BCUT2D eigenvalue weighted by molar-refractivity contribution is 0.656. The van der Waals surface area contributed by atoms with Crippen LogP contribution in [-0.2, 0) is 0 Å². The molecule has 5 rings (SSSR count). The fourth-order valence-electron chi connectivity index (χ4n) is 3.36. The zero-order valence-corrected chi connectivity index (χ0v) is 13.8. The van der Waals surface area contributed by atoms with Gasteiger partial charge in [-0.05, 0) is 35.9 Å². The van der Waals surface area contributed by atoms with Gasteiger partial charge in [-0.3, -0.25) is 9.20 Å². The van der Waals surface area contributed by atoms with E-state index in [0.717, 1.165) is 22.2 Å². The molecule has 0 amide bonds. The Hall–Kier alpha value is -3.04. The maximum Gasteiger partial charge on any atom is 0.217 e. The molecule has 3 nitrogen and oxygen atoms in total. The van der Waals surface area contributed by atoms with E-state index in [1.54, 1.807) is 12.1 Å². The van der Waals surface area contributed by atoms with Crippen LogP contribution < -0.4 is 5.43 Å². The third-order valence-electron chi connectivity index (χ3n) is 4.46. The molecule has 25 heavy (non-hydrogen) atoms. The van der Waals surface area contributed by atoms with Crippen molar-refractivity contribution in [1.82, 2.24) is 4.40 Å². The van der Waals surface area contributed by atoms with Crippen molar-refractivity contribution in [3.05, 3.63) is 88.0 Å². The average Bonchev–Trinajstić information content (AvgIpc) is 3.02. The van der Waals surface area contributed by atoms with Crippen LogP contribution in [0.4, 0.5) is 0 Å². The second-order valence-corrected chi connectivity index (χ2v) is 6.38. The molecule has 0 N–H and O–H groups in total. The van der Waals surface area contributed by atoms with Gasteiger partial charge < -0.3 is 4.42 Å². The summed E-state index contributed by atoms with van der Waals surface area (Å²) >= 11 is 6.20. The van der Waals surface area contributed by atoms with E-state index in [1.807, 2.05) is 65.1 Å². The van der Waals surface area contributed by atoms with Gasteiger partial charge in [0, 0.05) is 10.4 Å². The van der Waals surface area contributed by atoms with E-state index >= 15 is 0 Å². The van der Waals surface area contributed by atoms with Crippen molar-refractivity contribution in [1.29, 1.82) is 0 Å². The van der Waals surface area contributed by atoms with Gasteiger partial charge in [-0.15, -0.1) is 0 Å². The molecular formula is C21H12ClNO2. The average molecular weight is 346 g/mol. The van der Waals surface area contributed by atoms with E-state index in [-0.39, 0.29) is 5.43 Å². The van der Waals surface area contributed by atoms with Gasteiger partial charge in [-0.2, -0.15) is 0 Å². The predicted molar refractivity (Wildman–Crippen MR) is 101 cm³/mol. The Morgan fingerprint density at radius 3 is 2.44 bits per heavy atom. The summed E-state index contributed by atoms with van der Waals surface area (Å²) in [7, 11) is 0. The normalized spacial score (nSPS) is 11.6. The van der Waals surface area contributed by atoms with Crippen molar-refractivity contribution in [2.24, 2.45) is 0 Å². The molecule has 5 aromatic rings. The van der Waals surface area contributed by atoms with Crippen molar-refractivity contribution in [3.63, 3.8) is 0 Å². The summed E-state index contributed by atoms with van der Waals surface area (Å²) in [5.41, 5.74) is 4.25. The summed E-state index contributed by atoms with van der Waals surface area (Å²) in [5.74, 6) is 0. The Morgan fingerprint density at radius 1 is 0.840 bits per heavy atom. The van der Waals surface area contributed by atoms with E-state index in [1.165, 1.54) is 0 Å². The number of aromatic nitrogens is 1. The molecule has 0 aliphatic carbocycles. The summed E-state index contributed by atoms with van der Waals surface area (Å²) in [6.07, 6.45) is 0. The minimum Gasteiger partial charge on any atom is -0.437 e. The largest absolute Gasteiger partial charge is 0.437 e. The fourth-order valence-corrected chi connectivity index (χ4v) is 3.53. The highest BCUT2D eigenvalue weighted by molar-refractivity contribution is 6.31. The molecule has 0 saturated carbocycles. The van der Waals surface area contributed by atoms with Crippen molar-refractivity contribution in [2.45, 2.75) is 0 Å². The first kappa shape index (κ1) is 14.3. The maximum absolute atomic E-state index is 13.2. The Balaban J connectivity index is 2.12. The van der Waals surface area contributed by atoms with Gasteiger partial charge in [0.2, 0.25) is 11.1 Å². The lowest BCUT2D eigenvalue weighted by atomic mass is 10.0. The Morgan fingerprint density at radius 2 is 1.60 bits per heavy atom. The quantitative estimate of drug-likeness (QED) is 0.401. The van der Waals surface area contributed by atoms with Crippen LogP contribution in [0.2, 0.25) is 5.02 Å². The van der Waals surface area contributed by atoms with Crippen LogP contribution in [0, 0.1) is 0 Å². The number of fused-ring (bicyclic) bond motifs is 5. The van der Waals surface area contributed by atoms with Crippen LogP contribution in [0.5, 0.6) is 0 Å². The summed E-state index contributed by atoms with van der Waals surface area (Å²) in [4.78, 5) is 13.2. The molecule has 4 heteroatoms. The lowest BCUT2D eigenvalue weighted by Gasteiger charge is -2.08. The van der Waals surface area contributed by atoms with Crippen molar-refractivity contribution < 1.29 is 4.42 Å². The van der Waals surface area contributed by atoms with E-state index < -0.39 is 0 Å². The SMILES string of the molecule is O=c1c(-c2ccccc2)c2oc3ccccc3n2c2cc(Cl)ccc12. The molecule has 0 saturated heterocycles. The van der Waals surface area contributed by atoms with Gasteiger partial charge in [0.05, 0.1) is 16.6 Å². The van der Waals surface area contributed by atoms with Crippen LogP contribution >= 0.6 is 11.6 Å². The Labute approximate surface area is 147 Å². The van der Waals surface area contributed by atoms with E-state index in [0.29, 0.717) is 21.7 Å². The smallest absolute Gasteiger partial charge is 0.217 e. The number of oxazole rings is 1. The van der Waals surface area contributed by atoms with Crippen molar-refractivity contribution >= 4 is 39.3 Å². The topological polar surface area (TPSA) is 34.6 Å². The number of benzene rings is 3. The second-order valence-electron chi connectivity index (χ2n) is 5.94. The molecule has 3 aromatic carbocycles. The van der Waals surface area contributed by atoms with Crippen molar-refractivity contribution in [2.75, 3.05) is 0 Å². The summed E-state index contributed by atoms with van der Waals surface area (Å²) in [6, 6.07) is 22.7. The molecule has 0 aliphatic rings. The Bertz CT molecular complexity index is 1320. The summed E-state index contributed by atoms with van der Waals surface area (Å²) in [5, 5.41) is 1.20. The number of hydrogen-bond acceptors (Lipinski definition) is 2. The molecule has 2 heterocycles. The zero-order valence-electron chi connectivity index (χ0n) is 13.1. The highest BCUT2D eigenvalue weighted by atomic mass is 35.5. The molecule has 120 valence electrons. The molecule has 0 aliphatic heterocycles. The van der Waals surface area contributed by atoms with Gasteiger partial charge in [-0.25, -0.2) is 0 Å². The van der Waals surface area contributed by atoms with E-state index in [9.17, 15) is 4.79 Å². The third kappa shape index (κ3) is 2.03. The number of nitrogens with zero attached hydrogens (tertiary/aromatic N) is 1. The van der Waals surface area contributed by atoms with Crippen LogP contribution in [0.3, 0.4) is 0 Å². The van der Waals surface area contributed by atoms with Crippen molar-refractivity contribution in [3.8, 4) is 11.1 Å². The third-order valence-corrected chi connectivity index (χ3v) is 4.70. The zero-order chi connectivity index (χ0) is 17.0. The van der Waals surface area contributed by atoms with E-state index in [4.69, 9.17) is 16.0 Å². The second kappa shape index (κ2) is 5.23. The highest BCUT2D eigenvalue weighted by Gasteiger charge is 2.19.